The third-order valence-electron chi connectivity index (χ3n) is 5.24. The molecule has 1 aliphatic heterocycles. The Morgan fingerprint density at radius 2 is 1.97 bits per heavy atom. The molecule has 2 aromatic carbocycles. The Morgan fingerprint density at radius 1 is 1.16 bits per heavy atom. The number of benzene rings is 2. The number of nitrogens with zero attached hydrogens (tertiary/aromatic N) is 3. The number of carbonyl (C=O) groups excluding carboxylic acids is 1. The van der Waals surface area contributed by atoms with Crippen molar-refractivity contribution in [2.75, 3.05) is 7.11 Å². The summed E-state index contributed by atoms with van der Waals surface area (Å²) < 4.78 is 5.30. The average Bonchev–Trinajstić information content (AvgIpc) is 3.22. The lowest BCUT2D eigenvalue weighted by Gasteiger charge is -2.23. The van der Waals surface area contributed by atoms with Crippen molar-refractivity contribution in [2.24, 2.45) is 5.10 Å². The van der Waals surface area contributed by atoms with Gasteiger partial charge in [-0.15, -0.1) is 0 Å². The maximum absolute atomic E-state index is 12.9. The van der Waals surface area contributed by atoms with Crippen LogP contribution in [-0.2, 0) is 9.59 Å². The van der Waals surface area contributed by atoms with E-state index >= 15 is 0 Å². The summed E-state index contributed by atoms with van der Waals surface area (Å²) in [6, 6.07) is 14.0. The number of hydrazone groups is 1. The van der Waals surface area contributed by atoms with Gasteiger partial charge >= 0.3 is 5.97 Å². The molecule has 9 heteroatoms. The molecular weight excluding hydrogens is 453 g/mol. The van der Waals surface area contributed by atoms with Crippen LogP contribution in [0.15, 0.2) is 53.6 Å². The summed E-state index contributed by atoms with van der Waals surface area (Å²) in [5, 5.41) is 16.4. The maximum Gasteiger partial charge on any atom is 0.303 e. The van der Waals surface area contributed by atoms with Gasteiger partial charge in [0.1, 0.15) is 10.9 Å². The number of ether oxygens (including phenoxy) is 1. The molecule has 0 saturated carbocycles. The van der Waals surface area contributed by atoms with Gasteiger partial charge in [0.2, 0.25) is 5.91 Å². The van der Waals surface area contributed by atoms with Crippen LogP contribution in [0.4, 0.5) is 0 Å². The second-order valence-electron chi connectivity index (χ2n) is 7.34. The number of amides is 1. The van der Waals surface area contributed by atoms with Crippen molar-refractivity contribution in [3.05, 3.63) is 69.8 Å². The van der Waals surface area contributed by atoms with Crippen LogP contribution >= 0.6 is 23.2 Å². The largest absolute Gasteiger partial charge is 0.497 e. The standard InChI is InChI=1S/C23H19Cl2N3O4/c1-32-16-5-6-18-14(10-16)11-17(23(25)26-18)20-12-19(13-3-2-4-15(24)9-13)27-28(20)21(29)7-8-22(30)31/h2-6,9-11,20H,7-8,12H2,1H3,(H,30,31)/t20-/m1/s1. The van der Waals surface area contributed by atoms with Gasteiger partial charge in [-0.25, -0.2) is 9.99 Å². The minimum Gasteiger partial charge on any atom is -0.497 e. The SMILES string of the molecule is COc1ccc2nc(Cl)c([C@H]3CC(c4cccc(Cl)c4)=NN3C(=O)CCC(=O)O)cc2c1. The number of carbonyl (C=O) groups is 2. The molecular formula is C23H19Cl2N3O4. The molecule has 0 unspecified atom stereocenters. The first-order valence-electron chi connectivity index (χ1n) is 9.87. The predicted octanol–water partition coefficient (Wildman–Crippen LogP) is 5.09. The average molecular weight is 472 g/mol. The topological polar surface area (TPSA) is 92.1 Å². The number of fused-ring (bicyclic) bond motifs is 1. The Hall–Kier alpha value is -3.16. The number of methoxy groups -OCH3 is 1. The summed E-state index contributed by atoms with van der Waals surface area (Å²) in [6.07, 6.45) is -0.0778. The third-order valence-corrected chi connectivity index (χ3v) is 5.78. The molecule has 4 rings (SSSR count). The summed E-state index contributed by atoms with van der Waals surface area (Å²) >= 11 is 12.7. The van der Waals surface area contributed by atoms with E-state index in [0.717, 1.165) is 10.9 Å². The Bertz CT molecular complexity index is 1250. The van der Waals surface area contributed by atoms with Crippen LogP contribution in [0.2, 0.25) is 10.2 Å². The predicted molar refractivity (Wildman–Crippen MR) is 122 cm³/mol. The van der Waals surface area contributed by atoms with Gasteiger partial charge in [-0.2, -0.15) is 5.10 Å². The van der Waals surface area contributed by atoms with Crippen LogP contribution in [0.1, 0.15) is 36.4 Å². The number of halogens is 2. The highest BCUT2D eigenvalue weighted by Crippen LogP contribution is 2.38. The molecule has 1 amide bonds. The first-order chi connectivity index (χ1) is 15.4. The second-order valence-corrected chi connectivity index (χ2v) is 8.13. The van der Waals surface area contributed by atoms with Crippen molar-refractivity contribution in [3.63, 3.8) is 0 Å². The van der Waals surface area contributed by atoms with Crippen LogP contribution < -0.4 is 4.74 Å². The number of aromatic nitrogens is 1. The molecule has 3 aromatic rings. The lowest BCUT2D eigenvalue weighted by Crippen LogP contribution is -2.27. The van der Waals surface area contributed by atoms with E-state index in [4.69, 9.17) is 33.0 Å². The van der Waals surface area contributed by atoms with Crippen LogP contribution in [0, 0.1) is 0 Å². The molecule has 0 radical (unpaired) electrons. The van der Waals surface area contributed by atoms with Gasteiger partial charge in [0.05, 0.1) is 30.8 Å². The van der Waals surface area contributed by atoms with Gasteiger partial charge < -0.3 is 9.84 Å². The lowest BCUT2D eigenvalue weighted by atomic mass is 9.98. The fraction of sp³-hybridized carbons (Fsp3) is 0.217. The molecule has 0 spiro atoms. The van der Waals surface area contributed by atoms with E-state index in [1.54, 1.807) is 31.4 Å². The monoisotopic (exact) mass is 471 g/mol. The number of hydrogen-bond donors (Lipinski definition) is 1. The summed E-state index contributed by atoms with van der Waals surface area (Å²) in [5.41, 5.74) is 2.75. The summed E-state index contributed by atoms with van der Waals surface area (Å²) in [7, 11) is 1.58. The molecule has 164 valence electrons. The molecule has 0 saturated heterocycles. The van der Waals surface area contributed by atoms with Crippen molar-refractivity contribution in [1.29, 1.82) is 0 Å². The maximum atomic E-state index is 12.9. The quantitative estimate of drug-likeness (QED) is 0.505. The molecule has 1 atom stereocenters. The normalized spacial score (nSPS) is 15.7. The van der Waals surface area contributed by atoms with E-state index in [0.29, 0.717) is 34.0 Å². The number of rotatable bonds is 6. The summed E-state index contributed by atoms with van der Waals surface area (Å²) in [5.74, 6) is -0.786. The lowest BCUT2D eigenvalue weighted by molar-refractivity contribution is -0.141. The molecule has 1 aromatic heterocycles. The fourth-order valence-corrected chi connectivity index (χ4v) is 4.12. The molecule has 0 bridgehead atoms. The molecule has 0 aliphatic carbocycles. The number of aliphatic carboxylic acids is 1. The molecule has 1 N–H and O–H groups in total. The highest BCUT2D eigenvalue weighted by Gasteiger charge is 2.35. The van der Waals surface area contributed by atoms with Crippen molar-refractivity contribution in [2.45, 2.75) is 25.3 Å². The van der Waals surface area contributed by atoms with Gasteiger partial charge in [-0.05, 0) is 42.0 Å². The van der Waals surface area contributed by atoms with Crippen LogP contribution in [-0.4, -0.2) is 39.8 Å². The third kappa shape index (κ3) is 4.54. The first-order valence-corrected chi connectivity index (χ1v) is 10.6. The Balaban J connectivity index is 1.75. The fourth-order valence-electron chi connectivity index (χ4n) is 3.66. The Kier molecular flexibility index (Phi) is 6.30. The van der Waals surface area contributed by atoms with E-state index in [1.807, 2.05) is 24.3 Å². The van der Waals surface area contributed by atoms with Crippen molar-refractivity contribution in [3.8, 4) is 5.75 Å². The number of carboxylic acid groups (broad SMARTS) is 1. The molecule has 0 fully saturated rings. The second kappa shape index (κ2) is 9.14. The highest BCUT2D eigenvalue weighted by molar-refractivity contribution is 6.31. The Morgan fingerprint density at radius 3 is 2.69 bits per heavy atom. The minimum atomic E-state index is -1.05. The minimum absolute atomic E-state index is 0.176. The Labute approximate surface area is 194 Å². The van der Waals surface area contributed by atoms with Gasteiger partial charge in [-0.1, -0.05) is 35.3 Å². The molecule has 7 nitrogen and oxygen atoms in total. The highest BCUT2D eigenvalue weighted by atomic mass is 35.5. The van der Waals surface area contributed by atoms with E-state index < -0.39 is 17.9 Å². The van der Waals surface area contributed by atoms with Crippen LogP contribution in [0.25, 0.3) is 10.9 Å². The zero-order valence-electron chi connectivity index (χ0n) is 17.1. The van der Waals surface area contributed by atoms with Gasteiger partial charge in [0.25, 0.3) is 0 Å². The van der Waals surface area contributed by atoms with Gasteiger partial charge in [-0.3, -0.25) is 9.59 Å². The van der Waals surface area contributed by atoms with Crippen LogP contribution in [0.3, 0.4) is 0 Å². The molecule has 1 aliphatic rings. The van der Waals surface area contributed by atoms with Gasteiger partial charge in [0.15, 0.2) is 0 Å². The molecule has 2 heterocycles. The van der Waals surface area contributed by atoms with Crippen molar-refractivity contribution >= 4 is 51.7 Å². The smallest absolute Gasteiger partial charge is 0.303 e. The van der Waals surface area contributed by atoms with Gasteiger partial charge in [0, 0.05) is 28.8 Å². The molecule has 32 heavy (non-hydrogen) atoms. The van der Waals surface area contributed by atoms with E-state index in [2.05, 4.69) is 10.1 Å². The van der Waals surface area contributed by atoms with E-state index in [9.17, 15) is 9.59 Å². The number of carboxylic acids is 1. The van der Waals surface area contributed by atoms with Crippen molar-refractivity contribution in [1.82, 2.24) is 9.99 Å². The van der Waals surface area contributed by atoms with Crippen molar-refractivity contribution < 1.29 is 19.4 Å². The summed E-state index contributed by atoms with van der Waals surface area (Å²) in [6.45, 7) is 0. The summed E-state index contributed by atoms with van der Waals surface area (Å²) in [4.78, 5) is 28.4. The van der Waals surface area contributed by atoms with E-state index in [1.165, 1.54) is 5.01 Å². The van der Waals surface area contributed by atoms with Crippen LogP contribution in [0.5, 0.6) is 5.75 Å². The zero-order chi connectivity index (χ0) is 22.8. The van der Waals surface area contributed by atoms with E-state index in [-0.39, 0.29) is 18.0 Å². The zero-order valence-corrected chi connectivity index (χ0v) is 18.6. The first kappa shape index (κ1) is 22.0. The number of pyridine rings is 1. The number of hydrogen-bond acceptors (Lipinski definition) is 5.